The molecule has 1 fully saturated rings. The van der Waals surface area contributed by atoms with Crippen molar-refractivity contribution in [3.05, 3.63) is 34.6 Å². The molecule has 0 aromatic heterocycles. The van der Waals surface area contributed by atoms with Gasteiger partial charge < -0.3 is 5.73 Å². The highest BCUT2D eigenvalue weighted by Gasteiger charge is 2.35. The van der Waals surface area contributed by atoms with Crippen molar-refractivity contribution in [1.82, 2.24) is 0 Å². The Morgan fingerprint density at radius 1 is 1.33 bits per heavy atom. The SMILES string of the molecule is CC(C)C1CCC(N)(c2ccc(Cl)cc2F)CC1. The highest BCUT2D eigenvalue weighted by atomic mass is 35.5. The second-order valence-electron chi connectivity index (χ2n) is 5.86. The fourth-order valence-corrected chi connectivity index (χ4v) is 3.14. The van der Waals surface area contributed by atoms with Crippen molar-refractivity contribution in [3.63, 3.8) is 0 Å². The molecule has 1 aliphatic carbocycles. The summed E-state index contributed by atoms with van der Waals surface area (Å²) in [6, 6.07) is 4.83. The molecule has 2 N–H and O–H groups in total. The first-order valence-electron chi connectivity index (χ1n) is 6.67. The first kappa shape index (κ1) is 13.8. The van der Waals surface area contributed by atoms with Gasteiger partial charge in [-0.15, -0.1) is 0 Å². The number of hydrogen-bond acceptors (Lipinski definition) is 1. The molecule has 0 spiro atoms. The lowest BCUT2D eigenvalue weighted by Crippen LogP contribution is -2.41. The van der Waals surface area contributed by atoms with E-state index in [-0.39, 0.29) is 5.82 Å². The molecule has 0 amide bonds. The largest absolute Gasteiger partial charge is 0.321 e. The van der Waals surface area contributed by atoms with E-state index in [1.807, 2.05) is 0 Å². The summed E-state index contributed by atoms with van der Waals surface area (Å²) in [5.74, 6) is 1.13. The van der Waals surface area contributed by atoms with Gasteiger partial charge in [-0.1, -0.05) is 31.5 Å². The van der Waals surface area contributed by atoms with Gasteiger partial charge in [-0.05, 0) is 49.7 Å². The van der Waals surface area contributed by atoms with E-state index in [1.165, 1.54) is 6.07 Å². The average Bonchev–Trinajstić information content (AvgIpc) is 2.29. The second-order valence-corrected chi connectivity index (χ2v) is 6.30. The first-order valence-corrected chi connectivity index (χ1v) is 7.04. The van der Waals surface area contributed by atoms with Gasteiger partial charge in [-0.3, -0.25) is 0 Å². The summed E-state index contributed by atoms with van der Waals surface area (Å²) < 4.78 is 14.0. The Hall–Kier alpha value is -0.600. The van der Waals surface area contributed by atoms with Crippen LogP contribution in [-0.2, 0) is 5.54 Å². The lowest BCUT2D eigenvalue weighted by molar-refractivity contribution is 0.192. The van der Waals surface area contributed by atoms with E-state index in [2.05, 4.69) is 13.8 Å². The zero-order chi connectivity index (χ0) is 13.3. The predicted molar refractivity (Wildman–Crippen MR) is 74.1 cm³/mol. The second kappa shape index (κ2) is 5.18. The van der Waals surface area contributed by atoms with Crippen molar-refractivity contribution in [2.75, 3.05) is 0 Å². The summed E-state index contributed by atoms with van der Waals surface area (Å²) in [6.07, 6.45) is 3.87. The van der Waals surface area contributed by atoms with Crippen molar-refractivity contribution in [3.8, 4) is 0 Å². The molecule has 1 saturated carbocycles. The molecule has 1 aliphatic rings. The van der Waals surface area contributed by atoms with Crippen molar-refractivity contribution in [2.24, 2.45) is 17.6 Å². The van der Waals surface area contributed by atoms with E-state index in [4.69, 9.17) is 17.3 Å². The van der Waals surface area contributed by atoms with Crippen LogP contribution in [0.1, 0.15) is 45.1 Å². The van der Waals surface area contributed by atoms with E-state index in [0.29, 0.717) is 16.5 Å². The number of hydrogen-bond donors (Lipinski definition) is 1. The zero-order valence-electron chi connectivity index (χ0n) is 11.0. The Morgan fingerprint density at radius 2 is 1.94 bits per heavy atom. The van der Waals surface area contributed by atoms with Gasteiger partial charge in [0.1, 0.15) is 5.82 Å². The summed E-state index contributed by atoms with van der Waals surface area (Å²) in [4.78, 5) is 0. The molecular weight excluding hydrogens is 249 g/mol. The minimum Gasteiger partial charge on any atom is -0.321 e. The third kappa shape index (κ3) is 2.70. The number of rotatable bonds is 2. The minimum atomic E-state index is -0.514. The number of benzene rings is 1. The molecule has 1 aromatic rings. The summed E-state index contributed by atoms with van der Waals surface area (Å²) in [7, 11) is 0. The Kier molecular flexibility index (Phi) is 3.98. The maximum atomic E-state index is 14.0. The summed E-state index contributed by atoms with van der Waals surface area (Å²) >= 11 is 5.79. The molecular formula is C15H21ClFN. The van der Waals surface area contributed by atoms with Crippen LogP contribution in [0.4, 0.5) is 4.39 Å². The van der Waals surface area contributed by atoms with Crippen LogP contribution in [0.2, 0.25) is 5.02 Å². The van der Waals surface area contributed by atoms with Gasteiger partial charge in [0.15, 0.2) is 0 Å². The van der Waals surface area contributed by atoms with E-state index in [0.717, 1.165) is 31.6 Å². The molecule has 0 heterocycles. The van der Waals surface area contributed by atoms with Crippen LogP contribution in [0, 0.1) is 17.7 Å². The number of nitrogens with two attached hydrogens (primary N) is 1. The van der Waals surface area contributed by atoms with Gasteiger partial charge in [0.25, 0.3) is 0 Å². The normalized spacial score (nSPS) is 28.7. The molecule has 18 heavy (non-hydrogen) atoms. The third-order valence-corrected chi connectivity index (χ3v) is 4.57. The fraction of sp³-hybridized carbons (Fsp3) is 0.600. The first-order chi connectivity index (χ1) is 8.42. The molecule has 0 bridgehead atoms. The van der Waals surface area contributed by atoms with Crippen LogP contribution in [0.5, 0.6) is 0 Å². The molecule has 0 radical (unpaired) electrons. The van der Waals surface area contributed by atoms with Crippen LogP contribution in [-0.4, -0.2) is 0 Å². The van der Waals surface area contributed by atoms with Crippen molar-refractivity contribution in [2.45, 2.75) is 45.1 Å². The molecule has 1 aromatic carbocycles. The van der Waals surface area contributed by atoms with E-state index >= 15 is 0 Å². The van der Waals surface area contributed by atoms with Gasteiger partial charge in [-0.25, -0.2) is 4.39 Å². The van der Waals surface area contributed by atoms with Gasteiger partial charge in [0.2, 0.25) is 0 Å². The third-order valence-electron chi connectivity index (χ3n) is 4.33. The summed E-state index contributed by atoms with van der Waals surface area (Å²) in [6.45, 7) is 4.49. The van der Waals surface area contributed by atoms with Gasteiger partial charge in [0, 0.05) is 16.1 Å². The van der Waals surface area contributed by atoms with E-state index in [1.54, 1.807) is 12.1 Å². The van der Waals surface area contributed by atoms with Crippen LogP contribution in [0.15, 0.2) is 18.2 Å². The van der Waals surface area contributed by atoms with Gasteiger partial charge in [-0.2, -0.15) is 0 Å². The zero-order valence-corrected chi connectivity index (χ0v) is 11.8. The standard InChI is InChI=1S/C15H21ClFN/c1-10(2)11-5-7-15(18,8-6-11)13-4-3-12(16)9-14(13)17/h3-4,9-11H,5-8,18H2,1-2H3. The quantitative estimate of drug-likeness (QED) is 0.842. The highest BCUT2D eigenvalue weighted by molar-refractivity contribution is 6.30. The lowest BCUT2D eigenvalue weighted by Gasteiger charge is -2.39. The maximum Gasteiger partial charge on any atom is 0.129 e. The minimum absolute atomic E-state index is 0.270. The maximum absolute atomic E-state index is 14.0. The topological polar surface area (TPSA) is 26.0 Å². The molecule has 100 valence electrons. The van der Waals surface area contributed by atoms with Crippen LogP contribution < -0.4 is 5.73 Å². The molecule has 0 unspecified atom stereocenters. The fourth-order valence-electron chi connectivity index (χ4n) is 2.98. The van der Waals surface area contributed by atoms with Gasteiger partial charge >= 0.3 is 0 Å². The Balaban J connectivity index is 2.18. The van der Waals surface area contributed by atoms with E-state index in [9.17, 15) is 4.39 Å². The molecule has 2 rings (SSSR count). The van der Waals surface area contributed by atoms with Crippen molar-refractivity contribution in [1.29, 1.82) is 0 Å². The predicted octanol–water partition coefficient (Wildman–Crippen LogP) is 4.48. The Bertz CT molecular complexity index is 423. The van der Waals surface area contributed by atoms with Crippen LogP contribution in [0.25, 0.3) is 0 Å². The molecule has 1 nitrogen and oxygen atoms in total. The van der Waals surface area contributed by atoms with Crippen molar-refractivity contribution < 1.29 is 4.39 Å². The van der Waals surface area contributed by atoms with Crippen LogP contribution in [0.3, 0.4) is 0 Å². The van der Waals surface area contributed by atoms with Crippen molar-refractivity contribution >= 4 is 11.6 Å². The highest BCUT2D eigenvalue weighted by Crippen LogP contribution is 2.41. The van der Waals surface area contributed by atoms with Gasteiger partial charge in [0.05, 0.1) is 0 Å². The Labute approximate surface area is 114 Å². The average molecular weight is 270 g/mol. The molecule has 0 saturated heterocycles. The molecule has 0 aliphatic heterocycles. The molecule has 3 heteroatoms. The smallest absolute Gasteiger partial charge is 0.129 e. The van der Waals surface area contributed by atoms with E-state index < -0.39 is 5.54 Å². The summed E-state index contributed by atoms with van der Waals surface area (Å²) in [5, 5.41) is 0.427. The molecule has 0 atom stereocenters. The lowest BCUT2D eigenvalue weighted by atomic mass is 9.70. The Morgan fingerprint density at radius 3 is 2.44 bits per heavy atom. The summed E-state index contributed by atoms with van der Waals surface area (Å²) in [5.41, 5.74) is 6.52. The van der Waals surface area contributed by atoms with Crippen LogP contribution >= 0.6 is 11.6 Å². The monoisotopic (exact) mass is 269 g/mol. The number of halogens is 2.